The Balaban J connectivity index is 0. The molecule has 0 aliphatic carbocycles. The van der Waals surface area contributed by atoms with Gasteiger partial charge in [0.1, 0.15) is 0 Å². The number of hydrogen-bond donors (Lipinski definition) is 0. The van der Waals surface area contributed by atoms with Gasteiger partial charge in [0, 0.05) is 20.4 Å². The average Bonchev–Trinajstić information content (AvgIpc) is 0. The van der Waals surface area contributed by atoms with E-state index in [1.807, 2.05) is 0 Å². The zero-order valence-electron chi connectivity index (χ0n) is 2.65. The fourth-order valence-electron chi connectivity index (χ4n) is 0. The van der Waals surface area contributed by atoms with E-state index in [0.29, 0.717) is 0 Å². The van der Waals surface area contributed by atoms with E-state index in [4.69, 9.17) is 0 Å². The Morgan fingerprint density at radius 2 is 0.286 bits per heavy atom. The van der Waals surface area contributed by atoms with Gasteiger partial charge in [-0.2, -0.15) is 0 Å². The molecule has 0 spiro atoms. The van der Waals surface area contributed by atoms with Gasteiger partial charge in [0.15, 0.2) is 0 Å². The molecule has 0 fully saturated rings. The first-order chi connectivity index (χ1) is 0. The van der Waals surface area contributed by atoms with Crippen molar-refractivity contribution in [2.75, 3.05) is 0 Å². The maximum Gasteiger partial charge on any atom is 0 e. The number of halogens is 6. The van der Waals surface area contributed by atoms with Crippen molar-refractivity contribution in [3.63, 3.8) is 0 Å². The van der Waals surface area contributed by atoms with Crippen molar-refractivity contribution in [1.29, 1.82) is 0 Å². The molecule has 1 radical (unpaired) electrons. The fraction of sp³-hybridized carbons (Fsp3) is 0. The van der Waals surface area contributed by atoms with E-state index < -0.39 is 0 Å². The average molecular weight is 399 g/mol. The minimum absolute atomic E-state index is 0. The van der Waals surface area contributed by atoms with Crippen LogP contribution in [0.3, 0.4) is 0 Å². The van der Waals surface area contributed by atoms with Crippen molar-refractivity contribution in [1.82, 2.24) is 0 Å². The van der Waals surface area contributed by atoms with Gasteiger partial charge in [-0.15, -0.1) is 0 Å². The SMILES string of the molecule is [Cl-].[Cl-].[Cl-].[Cl-].[Cl-].[Cl-].[Re]. The summed E-state index contributed by atoms with van der Waals surface area (Å²) in [6.07, 6.45) is 0. The van der Waals surface area contributed by atoms with E-state index in [-0.39, 0.29) is 94.9 Å². The molecule has 0 unspecified atom stereocenters. The third-order valence-electron chi connectivity index (χ3n) is 0. The van der Waals surface area contributed by atoms with Crippen LogP contribution in [-0.4, -0.2) is 0 Å². The van der Waals surface area contributed by atoms with Gasteiger partial charge in [-0.1, -0.05) is 0 Å². The molecule has 0 bridgehead atoms. The summed E-state index contributed by atoms with van der Waals surface area (Å²) in [6, 6.07) is 0. The van der Waals surface area contributed by atoms with Crippen LogP contribution in [0.25, 0.3) is 0 Å². The van der Waals surface area contributed by atoms with Crippen molar-refractivity contribution in [2.24, 2.45) is 0 Å². The molecule has 0 heterocycles. The van der Waals surface area contributed by atoms with Gasteiger partial charge in [0.05, 0.1) is 0 Å². The Hall–Kier alpha value is 2.40. The molecule has 0 aliphatic rings. The van der Waals surface area contributed by atoms with Crippen molar-refractivity contribution in [3.05, 3.63) is 0 Å². The molecular weight excluding hydrogens is 399 g/mol. The summed E-state index contributed by atoms with van der Waals surface area (Å²) in [5, 5.41) is 0. The molecular formula is Cl6Re-6. The molecule has 7 heteroatoms. The van der Waals surface area contributed by atoms with Crippen LogP contribution in [0, 0.1) is 0 Å². The summed E-state index contributed by atoms with van der Waals surface area (Å²) in [5.74, 6) is 0. The normalized spacial score (nSPS) is 0. The molecule has 7 heavy (non-hydrogen) atoms. The van der Waals surface area contributed by atoms with Crippen molar-refractivity contribution in [3.8, 4) is 0 Å². The van der Waals surface area contributed by atoms with Crippen LogP contribution in [0.2, 0.25) is 0 Å². The van der Waals surface area contributed by atoms with E-state index >= 15 is 0 Å². The molecule has 0 aromatic heterocycles. The molecule has 0 aromatic carbocycles. The predicted octanol–water partition coefficient (Wildman–Crippen LogP) is -18.0. The molecule has 0 N–H and O–H groups in total. The molecule has 0 saturated carbocycles. The maximum absolute atomic E-state index is 0. The van der Waals surface area contributed by atoms with Gasteiger partial charge in [-0.25, -0.2) is 0 Å². The third-order valence-corrected chi connectivity index (χ3v) is 0. The van der Waals surface area contributed by atoms with Crippen LogP contribution in [-0.2, 0) is 20.4 Å². The smallest absolute Gasteiger partial charge is 0 e. The summed E-state index contributed by atoms with van der Waals surface area (Å²) >= 11 is 0. The van der Waals surface area contributed by atoms with Crippen LogP contribution in [0.5, 0.6) is 0 Å². The van der Waals surface area contributed by atoms with Crippen LogP contribution in [0.1, 0.15) is 0 Å². The predicted molar refractivity (Wildman–Crippen MR) is 0 cm³/mol. The molecule has 55 valence electrons. The maximum atomic E-state index is 0. The van der Waals surface area contributed by atoms with Gasteiger partial charge < -0.3 is 74.4 Å². The topological polar surface area (TPSA) is 0 Å². The van der Waals surface area contributed by atoms with Crippen LogP contribution >= 0.6 is 0 Å². The first-order valence-corrected chi connectivity index (χ1v) is 0. The Labute approximate surface area is 94.1 Å². The first-order valence-electron chi connectivity index (χ1n) is 0. The van der Waals surface area contributed by atoms with Crippen molar-refractivity contribution in [2.45, 2.75) is 0 Å². The third kappa shape index (κ3) is 59.7. The standard InChI is InChI=1S/6ClH.Re/h6*1H;/p-6. The molecule has 0 saturated heterocycles. The van der Waals surface area contributed by atoms with E-state index in [2.05, 4.69) is 0 Å². The summed E-state index contributed by atoms with van der Waals surface area (Å²) in [7, 11) is 0. The van der Waals surface area contributed by atoms with Gasteiger partial charge in [0.25, 0.3) is 0 Å². The molecule has 0 amide bonds. The van der Waals surface area contributed by atoms with E-state index in [1.54, 1.807) is 0 Å². The van der Waals surface area contributed by atoms with Crippen LogP contribution < -0.4 is 74.4 Å². The Morgan fingerprint density at radius 3 is 0.286 bits per heavy atom. The Kier molecular flexibility index (Phi) is 1310. The van der Waals surface area contributed by atoms with Crippen LogP contribution in [0.4, 0.5) is 0 Å². The van der Waals surface area contributed by atoms with Gasteiger partial charge >= 0.3 is 0 Å². The number of rotatable bonds is 0. The fourth-order valence-corrected chi connectivity index (χ4v) is 0. The molecule has 0 aliphatic heterocycles. The van der Waals surface area contributed by atoms with Gasteiger partial charge in [-0.05, 0) is 0 Å². The van der Waals surface area contributed by atoms with Gasteiger partial charge in [-0.3, -0.25) is 0 Å². The van der Waals surface area contributed by atoms with Gasteiger partial charge in [0.2, 0.25) is 0 Å². The summed E-state index contributed by atoms with van der Waals surface area (Å²) in [4.78, 5) is 0. The first kappa shape index (κ1) is 115. The Bertz CT molecular complexity index is 4.14. The zero-order chi connectivity index (χ0) is 0. The van der Waals surface area contributed by atoms with Crippen LogP contribution in [0.15, 0.2) is 0 Å². The summed E-state index contributed by atoms with van der Waals surface area (Å²) in [6.45, 7) is 0. The minimum atomic E-state index is 0. The van der Waals surface area contributed by atoms with E-state index in [9.17, 15) is 0 Å². The molecule has 0 atom stereocenters. The molecule has 0 nitrogen and oxygen atoms in total. The largest absolute Gasteiger partial charge is 1.00 e. The minimum Gasteiger partial charge on any atom is -1.00 e. The zero-order valence-corrected chi connectivity index (χ0v) is 9.90. The second kappa shape index (κ2) is 79.8. The quantitative estimate of drug-likeness (QED) is 0.380. The summed E-state index contributed by atoms with van der Waals surface area (Å²) < 4.78 is 0. The van der Waals surface area contributed by atoms with E-state index in [0.717, 1.165) is 0 Å². The number of hydrogen-bond acceptors (Lipinski definition) is 0. The Morgan fingerprint density at radius 1 is 0.286 bits per heavy atom. The second-order valence-corrected chi connectivity index (χ2v) is 0. The summed E-state index contributed by atoms with van der Waals surface area (Å²) in [5.41, 5.74) is 0. The molecule has 0 aromatic rings. The monoisotopic (exact) mass is 397 g/mol. The van der Waals surface area contributed by atoms with E-state index in [1.165, 1.54) is 0 Å². The van der Waals surface area contributed by atoms with Crippen molar-refractivity contribution >= 4 is 0 Å². The molecule has 0 rings (SSSR count). The second-order valence-electron chi connectivity index (χ2n) is 0. The van der Waals surface area contributed by atoms with Crippen molar-refractivity contribution < 1.29 is 94.9 Å².